The summed E-state index contributed by atoms with van der Waals surface area (Å²) in [6, 6.07) is 9.39. The molecular weight excluding hydrogens is 328 g/mol. The largest absolute Gasteiger partial charge is 0.274 e. The van der Waals surface area contributed by atoms with Gasteiger partial charge in [-0.15, -0.1) is 5.10 Å². The average molecular weight is 337 g/mol. The number of hydrogen-bond donors (Lipinski definition) is 2. The predicted octanol–water partition coefficient (Wildman–Crippen LogP) is 2.71. The summed E-state index contributed by atoms with van der Waals surface area (Å²) in [4.78, 5) is 8.81. The number of fused-ring (bicyclic) bond motifs is 3. The fourth-order valence-electron chi connectivity index (χ4n) is 2.56. The smallest absolute Gasteiger partial charge is 0.200 e. The molecule has 8 nitrogen and oxygen atoms in total. The second-order valence-electron chi connectivity index (χ2n) is 5.25. The topological polar surface area (TPSA) is 100 Å². The fraction of sp³-hybridized carbons (Fsp3) is 0. The van der Waals surface area contributed by atoms with Crippen molar-refractivity contribution in [1.29, 1.82) is 0 Å². The van der Waals surface area contributed by atoms with Crippen molar-refractivity contribution < 1.29 is 0 Å². The Morgan fingerprint density at radius 1 is 1.08 bits per heavy atom. The molecule has 9 heteroatoms. The SMILES string of the molecule is Clc1ccc(-c2cc(-c3nc4c5cn[nH]c5ncn4n3)[nH]n2)cc1. The summed E-state index contributed by atoms with van der Waals surface area (Å²) in [7, 11) is 0. The van der Waals surface area contributed by atoms with Crippen LogP contribution in [0, 0.1) is 0 Å². The Morgan fingerprint density at radius 3 is 2.83 bits per heavy atom. The quantitative estimate of drug-likeness (QED) is 0.516. The van der Waals surface area contributed by atoms with Crippen LogP contribution in [0.4, 0.5) is 0 Å². The summed E-state index contributed by atoms with van der Waals surface area (Å²) in [6.07, 6.45) is 3.28. The zero-order valence-corrected chi connectivity index (χ0v) is 12.9. The number of hydrogen-bond acceptors (Lipinski definition) is 5. The fourth-order valence-corrected chi connectivity index (χ4v) is 2.69. The first-order valence-corrected chi connectivity index (χ1v) is 7.52. The molecule has 0 atom stereocenters. The van der Waals surface area contributed by atoms with Gasteiger partial charge in [0.2, 0.25) is 0 Å². The van der Waals surface area contributed by atoms with E-state index in [2.05, 4.69) is 35.5 Å². The number of aromatic nitrogens is 8. The molecule has 0 aliphatic carbocycles. The molecule has 0 bridgehead atoms. The average Bonchev–Trinajstić information content (AvgIpc) is 3.32. The first kappa shape index (κ1) is 13.2. The molecule has 4 aromatic heterocycles. The highest BCUT2D eigenvalue weighted by atomic mass is 35.5. The van der Waals surface area contributed by atoms with Gasteiger partial charge in [-0.1, -0.05) is 23.7 Å². The van der Waals surface area contributed by atoms with Crippen LogP contribution < -0.4 is 0 Å². The van der Waals surface area contributed by atoms with Crippen molar-refractivity contribution in [3.8, 4) is 22.8 Å². The zero-order valence-electron chi connectivity index (χ0n) is 12.1. The van der Waals surface area contributed by atoms with Crippen molar-refractivity contribution >= 4 is 28.3 Å². The van der Waals surface area contributed by atoms with E-state index in [0.29, 0.717) is 22.1 Å². The molecule has 24 heavy (non-hydrogen) atoms. The highest BCUT2D eigenvalue weighted by Gasteiger charge is 2.13. The number of halogens is 1. The molecule has 0 aliphatic rings. The number of aromatic amines is 2. The Hall–Kier alpha value is -3.26. The van der Waals surface area contributed by atoms with Crippen LogP contribution in [0.2, 0.25) is 5.02 Å². The maximum Gasteiger partial charge on any atom is 0.200 e. The summed E-state index contributed by atoms with van der Waals surface area (Å²) >= 11 is 5.92. The minimum atomic E-state index is 0.540. The van der Waals surface area contributed by atoms with Crippen LogP contribution in [-0.2, 0) is 0 Å². The minimum Gasteiger partial charge on any atom is -0.274 e. The molecule has 0 amide bonds. The van der Waals surface area contributed by atoms with E-state index in [1.165, 1.54) is 0 Å². The lowest BCUT2D eigenvalue weighted by molar-refractivity contribution is 0.929. The highest BCUT2D eigenvalue weighted by molar-refractivity contribution is 6.30. The van der Waals surface area contributed by atoms with Gasteiger partial charge in [-0.25, -0.2) is 14.5 Å². The van der Waals surface area contributed by atoms with Crippen LogP contribution in [0.3, 0.4) is 0 Å². The van der Waals surface area contributed by atoms with E-state index in [9.17, 15) is 0 Å². The van der Waals surface area contributed by atoms with Crippen molar-refractivity contribution in [3.05, 3.63) is 47.9 Å². The molecule has 0 unspecified atom stereocenters. The van der Waals surface area contributed by atoms with Crippen LogP contribution in [0.1, 0.15) is 0 Å². The molecule has 0 radical (unpaired) electrons. The van der Waals surface area contributed by atoms with Crippen molar-refractivity contribution in [2.24, 2.45) is 0 Å². The van der Waals surface area contributed by atoms with Crippen LogP contribution >= 0.6 is 11.6 Å². The number of nitrogens with one attached hydrogen (secondary N) is 2. The van der Waals surface area contributed by atoms with Crippen molar-refractivity contribution in [2.45, 2.75) is 0 Å². The second-order valence-corrected chi connectivity index (χ2v) is 5.69. The third kappa shape index (κ3) is 1.97. The van der Waals surface area contributed by atoms with Gasteiger partial charge in [-0.3, -0.25) is 10.2 Å². The van der Waals surface area contributed by atoms with E-state index in [4.69, 9.17) is 11.6 Å². The molecule has 116 valence electrons. The van der Waals surface area contributed by atoms with E-state index < -0.39 is 0 Å². The van der Waals surface area contributed by atoms with E-state index in [1.54, 1.807) is 17.0 Å². The number of rotatable bonds is 2. The van der Waals surface area contributed by atoms with Crippen LogP contribution in [0.5, 0.6) is 0 Å². The molecule has 0 fully saturated rings. The Kier molecular flexibility index (Phi) is 2.68. The van der Waals surface area contributed by atoms with Crippen LogP contribution in [0.25, 0.3) is 39.5 Å². The lowest BCUT2D eigenvalue weighted by Gasteiger charge is -1.94. The Morgan fingerprint density at radius 2 is 1.96 bits per heavy atom. The van der Waals surface area contributed by atoms with E-state index in [-0.39, 0.29) is 0 Å². The van der Waals surface area contributed by atoms with Crippen LogP contribution in [-0.4, -0.2) is 40.0 Å². The standard InChI is InChI=1S/C15H9ClN8/c16-9-3-1-8(2-4-9)11-5-12(21-20-11)14-19-15-10-6-18-22-13(10)17-7-24(15)23-14/h1-7H,(H,18,22)(H,20,21). The van der Waals surface area contributed by atoms with Gasteiger partial charge >= 0.3 is 0 Å². The molecule has 0 saturated carbocycles. The summed E-state index contributed by atoms with van der Waals surface area (Å²) in [5, 5.41) is 20.0. The number of H-pyrrole nitrogens is 2. The maximum atomic E-state index is 5.92. The molecule has 0 saturated heterocycles. The van der Waals surface area contributed by atoms with Gasteiger partial charge in [0.25, 0.3) is 0 Å². The van der Waals surface area contributed by atoms with E-state index >= 15 is 0 Å². The zero-order chi connectivity index (χ0) is 16.1. The number of nitrogens with zero attached hydrogens (tertiary/aromatic N) is 6. The van der Waals surface area contributed by atoms with Gasteiger partial charge in [0, 0.05) is 10.6 Å². The molecule has 0 aliphatic heterocycles. The molecule has 0 spiro atoms. The Labute approximate surface area is 139 Å². The van der Waals surface area contributed by atoms with Crippen molar-refractivity contribution in [3.63, 3.8) is 0 Å². The lowest BCUT2D eigenvalue weighted by Crippen LogP contribution is -1.89. The lowest BCUT2D eigenvalue weighted by atomic mass is 10.1. The van der Waals surface area contributed by atoms with Gasteiger partial charge in [0.05, 0.1) is 17.3 Å². The van der Waals surface area contributed by atoms with Gasteiger partial charge in [-0.05, 0) is 18.2 Å². The monoisotopic (exact) mass is 336 g/mol. The van der Waals surface area contributed by atoms with Crippen molar-refractivity contribution in [2.75, 3.05) is 0 Å². The summed E-state index contributed by atoms with van der Waals surface area (Å²) < 4.78 is 1.62. The third-order valence-corrected chi connectivity index (χ3v) is 4.00. The first-order chi connectivity index (χ1) is 11.8. The highest BCUT2D eigenvalue weighted by Crippen LogP contribution is 2.24. The van der Waals surface area contributed by atoms with Crippen molar-refractivity contribution in [1.82, 2.24) is 40.0 Å². The molecule has 1 aromatic carbocycles. The molecule has 5 rings (SSSR count). The first-order valence-electron chi connectivity index (χ1n) is 7.14. The summed E-state index contributed by atoms with van der Waals surface area (Å²) in [5.74, 6) is 0.540. The van der Waals surface area contributed by atoms with Crippen LogP contribution in [0.15, 0.2) is 42.9 Å². The molecule has 2 N–H and O–H groups in total. The maximum absolute atomic E-state index is 5.92. The summed E-state index contributed by atoms with van der Waals surface area (Å²) in [6.45, 7) is 0. The Balaban J connectivity index is 1.61. The third-order valence-electron chi connectivity index (χ3n) is 3.75. The molecular formula is C15H9ClN8. The normalized spacial score (nSPS) is 11.5. The van der Waals surface area contributed by atoms with Gasteiger partial charge < -0.3 is 0 Å². The number of benzene rings is 1. The van der Waals surface area contributed by atoms with E-state index in [1.807, 2.05) is 30.3 Å². The molecule has 5 aromatic rings. The van der Waals surface area contributed by atoms with Gasteiger partial charge in [0.1, 0.15) is 12.0 Å². The minimum absolute atomic E-state index is 0.540. The predicted molar refractivity (Wildman–Crippen MR) is 88.5 cm³/mol. The Bertz CT molecular complexity index is 1170. The van der Waals surface area contributed by atoms with E-state index in [0.717, 1.165) is 22.3 Å². The summed E-state index contributed by atoms with van der Waals surface area (Å²) in [5.41, 5.74) is 3.84. The molecule has 4 heterocycles. The van der Waals surface area contributed by atoms with Gasteiger partial charge in [-0.2, -0.15) is 10.2 Å². The van der Waals surface area contributed by atoms with Gasteiger partial charge in [0.15, 0.2) is 17.1 Å². The second kappa shape index (κ2) is 4.87.